The van der Waals surface area contributed by atoms with Crippen molar-refractivity contribution in [2.45, 2.75) is 13.3 Å². The highest BCUT2D eigenvalue weighted by atomic mass is 32.1. The third-order valence-electron chi connectivity index (χ3n) is 5.03. The molecule has 32 heavy (non-hydrogen) atoms. The number of aromatic nitrogens is 1. The van der Waals surface area contributed by atoms with Crippen molar-refractivity contribution in [2.75, 3.05) is 35.2 Å². The number of hydrogen-bond donors (Lipinski definition) is 2. The van der Waals surface area contributed by atoms with Gasteiger partial charge in [0.15, 0.2) is 5.13 Å². The predicted octanol–water partition coefficient (Wildman–Crippen LogP) is 3.84. The van der Waals surface area contributed by atoms with Gasteiger partial charge in [-0.2, -0.15) is 0 Å². The fraction of sp³-hybridized carbons (Fsp3) is 0.217. The molecule has 0 aliphatic carbocycles. The zero-order valence-corrected chi connectivity index (χ0v) is 18.4. The van der Waals surface area contributed by atoms with E-state index in [1.165, 1.54) is 23.8 Å². The van der Waals surface area contributed by atoms with Crippen LogP contribution in [0.15, 0.2) is 60.0 Å². The smallest absolute Gasteiger partial charge is 0.326 e. The van der Waals surface area contributed by atoms with Crippen LogP contribution in [-0.2, 0) is 11.2 Å². The molecule has 1 saturated heterocycles. The van der Waals surface area contributed by atoms with Gasteiger partial charge in [-0.05, 0) is 36.2 Å². The summed E-state index contributed by atoms with van der Waals surface area (Å²) in [5.74, 6) is -0.515. The molecule has 2 heterocycles. The molecule has 0 atom stereocenters. The maximum Gasteiger partial charge on any atom is 0.326 e. The monoisotopic (exact) mass is 449 g/mol. The summed E-state index contributed by atoms with van der Waals surface area (Å²) in [4.78, 5) is 44.3. The van der Waals surface area contributed by atoms with Crippen LogP contribution in [-0.4, -0.2) is 47.4 Å². The molecule has 2 aromatic carbocycles. The van der Waals surface area contributed by atoms with Crippen molar-refractivity contribution in [1.29, 1.82) is 0 Å². The molecule has 3 aromatic rings. The van der Waals surface area contributed by atoms with Crippen molar-refractivity contribution in [3.63, 3.8) is 0 Å². The molecule has 164 valence electrons. The van der Waals surface area contributed by atoms with E-state index in [4.69, 9.17) is 0 Å². The fourth-order valence-electron chi connectivity index (χ4n) is 3.40. The van der Waals surface area contributed by atoms with Crippen molar-refractivity contribution in [3.05, 3.63) is 71.2 Å². The van der Waals surface area contributed by atoms with Gasteiger partial charge in [0.2, 0.25) is 5.91 Å². The van der Waals surface area contributed by atoms with E-state index < -0.39 is 0 Å². The Morgan fingerprint density at radius 2 is 1.69 bits per heavy atom. The van der Waals surface area contributed by atoms with Gasteiger partial charge in [-0.1, -0.05) is 30.3 Å². The summed E-state index contributed by atoms with van der Waals surface area (Å²) in [6, 6.07) is 16.8. The van der Waals surface area contributed by atoms with Gasteiger partial charge in [-0.3, -0.25) is 14.5 Å². The number of benzene rings is 2. The van der Waals surface area contributed by atoms with Crippen LogP contribution in [0.2, 0.25) is 0 Å². The minimum atomic E-state index is -0.354. The quantitative estimate of drug-likeness (QED) is 0.573. The van der Waals surface area contributed by atoms with E-state index in [0.717, 1.165) is 6.42 Å². The summed E-state index contributed by atoms with van der Waals surface area (Å²) < 4.78 is 0. The normalized spacial score (nSPS) is 13.3. The fourth-order valence-corrected chi connectivity index (χ4v) is 4.23. The molecule has 8 nitrogen and oxygen atoms in total. The van der Waals surface area contributed by atoms with Gasteiger partial charge in [0.05, 0.1) is 0 Å². The van der Waals surface area contributed by atoms with Gasteiger partial charge >= 0.3 is 6.03 Å². The minimum absolute atomic E-state index is 0.0872. The zero-order valence-electron chi connectivity index (χ0n) is 17.6. The molecule has 0 bridgehead atoms. The molecule has 1 aromatic heterocycles. The summed E-state index contributed by atoms with van der Waals surface area (Å²) in [5, 5.41) is 7.62. The number of anilines is 3. The second-order valence-electron chi connectivity index (χ2n) is 7.38. The first kappa shape index (κ1) is 21.5. The van der Waals surface area contributed by atoms with Gasteiger partial charge in [0.25, 0.3) is 5.91 Å². The number of carbonyl (C=O) groups is 3. The highest BCUT2D eigenvalue weighted by molar-refractivity contribution is 7.14. The number of nitrogens with one attached hydrogen (secondary N) is 2. The molecule has 1 aliphatic heterocycles. The third-order valence-corrected chi connectivity index (χ3v) is 5.89. The van der Waals surface area contributed by atoms with Gasteiger partial charge in [0.1, 0.15) is 5.69 Å². The molecule has 1 aliphatic rings. The Morgan fingerprint density at radius 1 is 1.00 bits per heavy atom. The highest BCUT2D eigenvalue weighted by Gasteiger charge is 2.31. The van der Waals surface area contributed by atoms with Crippen LogP contribution in [0.5, 0.6) is 0 Å². The van der Waals surface area contributed by atoms with Crippen molar-refractivity contribution in [1.82, 2.24) is 9.88 Å². The molecular formula is C23H23N5O3S. The van der Waals surface area contributed by atoms with Crippen molar-refractivity contribution in [3.8, 4) is 0 Å². The van der Waals surface area contributed by atoms with E-state index in [1.54, 1.807) is 34.5 Å². The van der Waals surface area contributed by atoms with Crippen molar-refractivity contribution < 1.29 is 14.4 Å². The molecule has 1 fully saturated rings. The molecule has 4 rings (SSSR count). The van der Waals surface area contributed by atoms with Crippen LogP contribution in [0.4, 0.5) is 21.3 Å². The molecule has 0 radical (unpaired) electrons. The van der Waals surface area contributed by atoms with Crippen LogP contribution in [0.25, 0.3) is 0 Å². The van der Waals surface area contributed by atoms with E-state index in [9.17, 15) is 14.4 Å². The first-order chi connectivity index (χ1) is 15.5. The largest absolute Gasteiger partial charge is 0.326 e. The number of thiazole rings is 1. The number of hydrogen-bond acceptors (Lipinski definition) is 5. The lowest BCUT2D eigenvalue weighted by atomic mass is 10.1. The van der Waals surface area contributed by atoms with Gasteiger partial charge < -0.3 is 15.5 Å². The van der Waals surface area contributed by atoms with Gasteiger partial charge in [-0.15, -0.1) is 11.3 Å². The Kier molecular flexibility index (Phi) is 6.46. The summed E-state index contributed by atoms with van der Waals surface area (Å²) in [5.41, 5.74) is 2.68. The first-order valence-electron chi connectivity index (χ1n) is 10.2. The lowest BCUT2D eigenvalue weighted by Gasteiger charge is -2.16. The lowest BCUT2D eigenvalue weighted by molar-refractivity contribution is -0.114. The van der Waals surface area contributed by atoms with Crippen LogP contribution in [0.3, 0.4) is 0 Å². The first-order valence-corrected chi connectivity index (χ1v) is 11.1. The average Bonchev–Trinajstić information content (AvgIpc) is 3.41. The Morgan fingerprint density at radius 3 is 2.38 bits per heavy atom. The van der Waals surface area contributed by atoms with Crippen LogP contribution < -0.4 is 15.5 Å². The number of carbonyl (C=O) groups excluding carboxylic acids is 3. The predicted molar refractivity (Wildman–Crippen MR) is 125 cm³/mol. The molecule has 0 saturated carbocycles. The second kappa shape index (κ2) is 9.61. The van der Waals surface area contributed by atoms with Crippen LogP contribution in [0.1, 0.15) is 23.0 Å². The number of amides is 4. The molecule has 0 spiro atoms. The maximum absolute atomic E-state index is 12.8. The van der Waals surface area contributed by atoms with Crippen LogP contribution >= 0.6 is 11.3 Å². The van der Waals surface area contributed by atoms with Crippen molar-refractivity contribution >= 4 is 45.7 Å². The van der Waals surface area contributed by atoms with Crippen LogP contribution in [0, 0.1) is 0 Å². The summed E-state index contributed by atoms with van der Waals surface area (Å²) in [7, 11) is 0. The van der Waals surface area contributed by atoms with Gasteiger partial charge in [0, 0.05) is 43.3 Å². The maximum atomic E-state index is 12.8. The SMILES string of the molecule is CC(=O)Nc1ccc(NC(=O)c2csc(N3CCN(CCc4ccccc4)C3=O)n2)cc1. The molecular weight excluding hydrogens is 426 g/mol. The molecule has 4 amide bonds. The van der Waals surface area contributed by atoms with Gasteiger partial charge in [-0.25, -0.2) is 9.78 Å². The van der Waals surface area contributed by atoms with E-state index in [-0.39, 0.29) is 23.5 Å². The Hall–Kier alpha value is -3.72. The summed E-state index contributed by atoms with van der Waals surface area (Å²) in [6.07, 6.45) is 0.798. The highest BCUT2D eigenvalue weighted by Crippen LogP contribution is 2.25. The third kappa shape index (κ3) is 5.12. The van der Waals surface area contributed by atoms with E-state index in [0.29, 0.717) is 36.1 Å². The zero-order chi connectivity index (χ0) is 22.5. The summed E-state index contributed by atoms with van der Waals surface area (Å²) >= 11 is 1.27. The molecule has 0 unspecified atom stereocenters. The Labute approximate surface area is 189 Å². The van der Waals surface area contributed by atoms with E-state index in [2.05, 4.69) is 27.8 Å². The number of rotatable bonds is 7. The van der Waals surface area contributed by atoms with E-state index >= 15 is 0 Å². The summed E-state index contributed by atoms with van der Waals surface area (Å²) in [6.45, 7) is 3.26. The Balaban J connectivity index is 1.34. The van der Waals surface area contributed by atoms with E-state index in [1.807, 2.05) is 23.1 Å². The standard InChI is InChI=1S/C23H23N5O3S/c1-16(29)24-18-7-9-19(10-8-18)25-21(30)20-15-32-22(26-20)28-14-13-27(23(28)31)12-11-17-5-3-2-4-6-17/h2-10,15H,11-14H2,1H3,(H,24,29)(H,25,30). The number of nitrogens with zero attached hydrogens (tertiary/aromatic N) is 3. The Bertz CT molecular complexity index is 1110. The molecule has 9 heteroatoms. The molecule has 2 N–H and O–H groups in total. The minimum Gasteiger partial charge on any atom is -0.326 e. The number of urea groups is 1. The average molecular weight is 450 g/mol. The topological polar surface area (TPSA) is 94.6 Å². The van der Waals surface area contributed by atoms with Crippen molar-refractivity contribution in [2.24, 2.45) is 0 Å². The second-order valence-corrected chi connectivity index (χ2v) is 8.22. The lowest BCUT2D eigenvalue weighted by Crippen LogP contribution is -2.33.